The summed E-state index contributed by atoms with van der Waals surface area (Å²) < 4.78 is 22.4. The van der Waals surface area contributed by atoms with Crippen molar-refractivity contribution in [2.24, 2.45) is 0 Å². The summed E-state index contributed by atoms with van der Waals surface area (Å²) in [6.45, 7) is 0. The van der Waals surface area contributed by atoms with Gasteiger partial charge in [0.25, 0.3) is 0 Å². The van der Waals surface area contributed by atoms with E-state index in [0.29, 0.717) is 5.56 Å². The molecule has 6 nitrogen and oxygen atoms in total. The molecule has 1 rings (SSSR count). The van der Waals surface area contributed by atoms with Gasteiger partial charge in [-0.1, -0.05) is 0 Å². The molecule has 0 aliphatic carbocycles. The number of carbonyl (C=O) groups is 2. The van der Waals surface area contributed by atoms with Crippen LogP contribution < -0.4 is 5.32 Å². The molecule has 0 unspecified atom stereocenters. The third kappa shape index (κ3) is 4.95. The predicted octanol–water partition coefficient (Wildman–Crippen LogP) is 1.53. The Morgan fingerprint density at radius 3 is 2.62 bits per heavy atom. The van der Waals surface area contributed by atoms with Gasteiger partial charge in [0.15, 0.2) is 0 Å². The second-order valence-corrected chi connectivity index (χ2v) is 3.88. The molecule has 0 fully saturated rings. The number of nitriles is 1. The van der Waals surface area contributed by atoms with E-state index in [4.69, 9.17) is 5.26 Å². The Labute approximate surface area is 120 Å². The van der Waals surface area contributed by atoms with E-state index in [1.807, 2.05) is 6.07 Å². The van der Waals surface area contributed by atoms with Crippen LogP contribution in [0.5, 0.6) is 0 Å². The zero-order valence-corrected chi connectivity index (χ0v) is 11.5. The molecular weight excluding hydrogens is 279 g/mol. The molecule has 0 heterocycles. The summed E-state index contributed by atoms with van der Waals surface area (Å²) in [5, 5.41) is 11.2. The SMILES string of the molecule is COC(=O)/C=C(/Nc1cc(F)cc(CC#N)c1)C(=O)OC. The number of nitrogens with zero attached hydrogens (tertiary/aromatic N) is 1. The van der Waals surface area contributed by atoms with Gasteiger partial charge in [-0.25, -0.2) is 14.0 Å². The molecule has 7 heteroatoms. The molecule has 0 spiro atoms. The lowest BCUT2D eigenvalue weighted by atomic mass is 10.1. The Morgan fingerprint density at radius 2 is 2.05 bits per heavy atom. The van der Waals surface area contributed by atoms with Gasteiger partial charge >= 0.3 is 11.9 Å². The van der Waals surface area contributed by atoms with Crippen molar-refractivity contribution in [3.8, 4) is 6.07 Å². The van der Waals surface area contributed by atoms with Crippen molar-refractivity contribution in [2.75, 3.05) is 19.5 Å². The lowest BCUT2D eigenvalue weighted by molar-refractivity contribution is -0.138. The van der Waals surface area contributed by atoms with Gasteiger partial charge in [-0.3, -0.25) is 0 Å². The summed E-state index contributed by atoms with van der Waals surface area (Å²) >= 11 is 0. The minimum Gasteiger partial charge on any atom is -0.466 e. The summed E-state index contributed by atoms with van der Waals surface area (Å²) in [4.78, 5) is 22.8. The fourth-order valence-corrected chi connectivity index (χ4v) is 1.50. The fourth-order valence-electron chi connectivity index (χ4n) is 1.50. The van der Waals surface area contributed by atoms with Gasteiger partial charge in [-0.2, -0.15) is 5.26 Å². The lowest BCUT2D eigenvalue weighted by Gasteiger charge is -2.10. The fraction of sp³-hybridized carbons (Fsp3) is 0.214. The molecule has 0 aliphatic rings. The van der Waals surface area contributed by atoms with Crippen molar-refractivity contribution < 1.29 is 23.5 Å². The van der Waals surface area contributed by atoms with E-state index in [0.717, 1.165) is 26.4 Å². The summed E-state index contributed by atoms with van der Waals surface area (Å²) in [6, 6.07) is 5.70. The van der Waals surface area contributed by atoms with Crippen LogP contribution in [0.3, 0.4) is 0 Å². The van der Waals surface area contributed by atoms with Crippen molar-refractivity contribution in [3.05, 3.63) is 41.4 Å². The predicted molar refractivity (Wildman–Crippen MR) is 71.5 cm³/mol. The second-order valence-electron chi connectivity index (χ2n) is 3.88. The molecule has 1 aromatic carbocycles. The Bertz CT molecular complexity index is 620. The Hall–Kier alpha value is -2.88. The number of rotatable bonds is 5. The van der Waals surface area contributed by atoms with E-state index in [2.05, 4.69) is 14.8 Å². The molecule has 0 bridgehead atoms. The van der Waals surface area contributed by atoms with Crippen LogP contribution in [0.1, 0.15) is 5.56 Å². The van der Waals surface area contributed by atoms with Gasteiger partial charge in [0.1, 0.15) is 11.5 Å². The van der Waals surface area contributed by atoms with E-state index < -0.39 is 17.8 Å². The number of halogens is 1. The van der Waals surface area contributed by atoms with Gasteiger partial charge in [-0.15, -0.1) is 0 Å². The molecular formula is C14H13FN2O4. The zero-order chi connectivity index (χ0) is 15.8. The Balaban J connectivity index is 3.09. The number of nitrogens with one attached hydrogen (secondary N) is 1. The van der Waals surface area contributed by atoms with E-state index in [-0.39, 0.29) is 17.8 Å². The topological polar surface area (TPSA) is 88.4 Å². The van der Waals surface area contributed by atoms with Crippen molar-refractivity contribution >= 4 is 17.6 Å². The highest BCUT2D eigenvalue weighted by Crippen LogP contribution is 2.17. The normalized spacial score (nSPS) is 10.5. The lowest BCUT2D eigenvalue weighted by Crippen LogP contribution is -2.15. The number of hydrogen-bond donors (Lipinski definition) is 1. The van der Waals surface area contributed by atoms with Crippen LogP contribution in [0.2, 0.25) is 0 Å². The highest BCUT2D eigenvalue weighted by Gasteiger charge is 2.13. The molecule has 1 aromatic rings. The van der Waals surface area contributed by atoms with E-state index in [1.165, 1.54) is 12.1 Å². The molecule has 0 aromatic heterocycles. The van der Waals surface area contributed by atoms with Gasteiger partial charge in [0.05, 0.1) is 32.8 Å². The van der Waals surface area contributed by atoms with Crippen LogP contribution in [0.15, 0.2) is 30.0 Å². The largest absolute Gasteiger partial charge is 0.466 e. The molecule has 110 valence electrons. The second kappa shape index (κ2) is 7.65. The standard InChI is InChI=1S/C14H13FN2O4/c1-20-13(18)8-12(14(19)21-2)17-11-6-9(3-4-16)5-10(15)7-11/h5-8,17H,3H2,1-2H3/b12-8+. The maximum atomic E-state index is 13.4. The van der Waals surface area contributed by atoms with E-state index >= 15 is 0 Å². The maximum absolute atomic E-state index is 13.4. The molecule has 0 amide bonds. The van der Waals surface area contributed by atoms with Crippen molar-refractivity contribution in [1.82, 2.24) is 0 Å². The minimum atomic E-state index is -0.813. The number of benzene rings is 1. The van der Waals surface area contributed by atoms with Gasteiger partial charge < -0.3 is 14.8 Å². The molecule has 0 saturated heterocycles. The quantitative estimate of drug-likeness (QED) is 0.654. The number of anilines is 1. The van der Waals surface area contributed by atoms with Crippen LogP contribution in [-0.2, 0) is 25.5 Å². The summed E-state index contributed by atoms with van der Waals surface area (Å²) in [7, 11) is 2.29. The smallest absolute Gasteiger partial charge is 0.354 e. The number of hydrogen-bond acceptors (Lipinski definition) is 6. The van der Waals surface area contributed by atoms with E-state index in [9.17, 15) is 14.0 Å². The van der Waals surface area contributed by atoms with Gasteiger partial charge in [-0.05, 0) is 23.8 Å². The highest BCUT2D eigenvalue weighted by molar-refractivity contribution is 5.98. The summed E-state index contributed by atoms with van der Waals surface area (Å²) in [5.41, 5.74) is 0.431. The highest BCUT2D eigenvalue weighted by atomic mass is 19.1. The van der Waals surface area contributed by atoms with E-state index in [1.54, 1.807) is 0 Å². The Morgan fingerprint density at radius 1 is 1.33 bits per heavy atom. The zero-order valence-electron chi connectivity index (χ0n) is 11.5. The molecule has 0 aliphatic heterocycles. The van der Waals surface area contributed by atoms with Crippen LogP contribution in [0, 0.1) is 17.1 Å². The van der Waals surface area contributed by atoms with Gasteiger partial charge in [0.2, 0.25) is 0 Å². The third-order valence-electron chi connectivity index (χ3n) is 2.39. The first-order chi connectivity index (χ1) is 9.99. The summed E-state index contributed by atoms with van der Waals surface area (Å²) in [6.07, 6.45) is 0.904. The first-order valence-corrected chi connectivity index (χ1v) is 5.81. The number of ether oxygens (including phenoxy) is 2. The minimum absolute atomic E-state index is 0.0146. The molecule has 0 atom stereocenters. The van der Waals surface area contributed by atoms with Crippen LogP contribution in [0.4, 0.5) is 10.1 Å². The maximum Gasteiger partial charge on any atom is 0.354 e. The van der Waals surface area contributed by atoms with Crippen molar-refractivity contribution in [1.29, 1.82) is 5.26 Å². The third-order valence-corrected chi connectivity index (χ3v) is 2.39. The number of methoxy groups -OCH3 is 2. The first-order valence-electron chi connectivity index (χ1n) is 5.81. The van der Waals surface area contributed by atoms with Crippen molar-refractivity contribution in [2.45, 2.75) is 6.42 Å². The molecule has 0 radical (unpaired) electrons. The number of carbonyl (C=O) groups excluding carboxylic acids is 2. The van der Waals surface area contributed by atoms with Crippen molar-refractivity contribution in [3.63, 3.8) is 0 Å². The molecule has 0 saturated carbocycles. The first kappa shape index (κ1) is 16.2. The molecule has 1 N–H and O–H groups in total. The summed E-state index contributed by atoms with van der Waals surface area (Å²) in [5.74, 6) is -2.16. The monoisotopic (exact) mass is 292 g/mol. The van der Waals surface area contributed by atoms with Gasteiger partial charge in [0, 0.05) is 5.69 Å². The number of esters is 2. The average Bonchev–Trinajstić information content (AvgIpc) is 2.45. The molecule has 21 heavy (non-hydrogen) atoms. The van der Waals surface area contributed by atoms with Crippen LogP contribution in [-0.4, -0.2) is 26.2 Å². The average molecular weight is 292 g/mol. The van der Waals surface area contributed by atoms with Crippen LogP contribution in [0.25, 0.3) is 0 Å². The Kier molecular flexibility index (Phi) is 5.89. The van der Waals surface area contributed by atoms with Crippen LogP contribution >= 0.6 is 0 Å².